The Bertz CT molecular complexity index is 847. The number of ether oxygens (including phenoxy) is 2. The van der Waals surface area contributed by atoms with Crippen LogP contribution in [0.2, 0.25) is 0 Å². The molecule has 0 N–H and O–H groups in total. The monoisotopic (exact) mass is 306 g/mol. The molecule has 0 saturated carbocycles. The number of Topliss-reactive ketones (excluding diaryl/α,β-unsaturated/α-hetero) is 1. The van der Waals surface area contributed by atoms with Gasteiger partial charge in [0.1, 0.15) is 18.1 Å². The van der Waals surface area contributed by atoms with E-state index in [2.05, 4.69) is 12.1 Å². The molecule has 0 bridgehead atoms. The maximum Gasteiger partial charge on any atom is 0.159 e. The van der Waals surface area contributed by atoms with E-state index < -0.39 is 0 Å². The van der Waals surface area contributed by atoms with Gasteiger partial charge in [0.05, 0.1) is 7.11 Å². The van der Waals surface area contributed by atoms with Crippen LogP contribution in [-0.2, 0) is 6.61 Å². The lowest BCUT2D eigenvalue weighted by atomic mass is 10.1. The van der Waals surface area contributed by atoms with Crippen LogP contribution in [0, 0.1) is 0 Å². The summed E-state index contributed by atoms with van der Waals surface area (Å²) in [5.41, 5.74) is 1.51. The minimum atomic E-state index is 0.0269. The molecule has 0 aromatic heterocycles. The van der Waals surface area contributed by atoms with Gasteiger partial charge in [-0.25, -0.2) is 0 Å². The predicted octanol–water partition coefficient (Wildman–Crippen LogP) is 4.63. The number of carbonyl (C=O) groups excluding carboxylic acids is 1. The molecule has 3 nitrogen and oxygen atoms in total. The molecular formula is C20H18O3. The molecule has 0 aliphatic heterocycles. The van der Waals surface area contributed by atoms with Gasteiger partial charge in [0.25, 0.3) is 0 Å². The van der Waals surface area contributed by atoms with Gasteiger partial charge in [0.2, 0.25) is 0 Å². The summed E-state index contributed by atoms with van der Waals surface area (Å²) >= 11 is 0. The van der Waals surface area contributed by atoms with E-state index >= 15 is 0 Å². The number of hydrogen-bond acceptors (Lipinski definition) is 3. The second-order valence-corrected chi connectivity index (χ2v) is 5.35. The molecule has 0 atom stereocenters. The van der Waals surface area contributed by atoms with Crippen molar-refractivity contribution in [2.75, 3.05) is 7.11 Å². The van der Waals surface area contributed by atoms with Crippen molar-refractivity contribution in [1.29, 1.82) is 0 Å². The van der Waals surface area contributed by atoms with Crippen LogP contribution in [0.25, 0.3) is 10.8 Å². The molecule has 3 aromatic carbocycles. The molecule has 0 radical (unpaired) electrons. The first-order valence-electron chi connectivity index (χ1n) is 7.47. The summed E-state index contributed by atoms with van der Waals surface area (Å²) < 4.78 is 11.4. The number of rotatable bonds is 5. The van der Waals surface area contributed by atoms with E-state index in [1.807, 2.05) is 36.4 Å². The summed E-state index contributed by atoms with van der Waals surface area (Å²) in [7, 11) is 1.62. The van der Waals surface area contributed by atoms with E-state index in [9.17, 15) is 4.79 Å². The highest BCUT2D eigenvalue weighted by Crippen LogP contribution is 2.28. The third-order valence-corrected chi connectivity index (χ3v) is 3.82. The SMILES string of the molecule is COc1ccc(C(C)=O)cc1COc1cccc2ccccc12. The molecular weight excluding hydrogens is 288 g/mol. The molecule has 0 spiro atoms. The lowest BCUT2D eigenvalue weighted by molar-refractivity contribution is 0.101. The predicted molar refractivity (Wildman–Crippen MR) is 91.3 cm³/mol. The van der Waals surface area contributed by atoms with Gasteiger partial charge in [0, 0.05) is 16.5 Å². The number of hydrogen-bond donors (Lipinski definition) is 0. The second kappa shape index (κ2) is 6.53. The maximum atomic E-state index is 11.6. The second-order valence-electron chi connectivity index (χ2n) is 5.35. The first kappa shape index (κ1) is 15.1. The summed E-state index contributed by atoms with van der Waals surface area (Å²) in [4.78, 5) is 11.6. The Morgan fingerprint density at radius 1 is 0.957 bits per heavy atom. The molecule has 3 heteroatoms. The maximum absolute atomic E-state index is 11.6. The van der Waals surface area contributed by atoms with Crippen LogP contribution in [0.5, 0.6) is 11.5 Å². The molecule has 0 fully saturated rings. The zero-order valence-electron chi connectivity index (χ0n) is 13.2. The zero-order chi connectivity index (χ0) is 16.2. The number of methoxy groups -OCH3 is 1. The molecule has 116 valence electrons. The van der Waals surface area contributed by atoms with Crippen molar-refractivity contribution in [3.05, 3.63) is 71.8 Å². The van der Waals surface area contributed by atoms with Gasteiger partial charge in [0.15, 0.2) is 5.78 Å². The first-order valence-corrected chi connectivity index (χ1v) is 7.47. The minimum Gasteiger partial charge on any atom is -0.496 e. The molecule has 0 unspecified atom stereocenters. The topological polar surface area (TPSA) is 35.5 Å². The van der Waals surface area contributed by atoms with E-state index in [4.69, 9.17) is 9.47 Å². The van der Waals surface area contributed by atoms with Crippen molar-refractivity contribution in [2.24, 2.45) is 0 Å². The van der Waals surface area contributed by atoms with Gasteiger partial charge in [-0.05, 0) is 36.6 Å². The molecule has 23 heavy (non-hydrogen) atoms. The fraction of sp³-hybridized carbons (Fsp3) is 0.150. The van der Waals surface area contributed by atoms with Gasteiger partial charge in [-0.1, -0.05) is 36.4 Å². The fourth-order valence-corrected chi connectivity index (χ4v) is 2.59. The van der Waals surface area contributed by atoms with Gasteiger partial charge in [-0.15, -0.1) is 0 Å². The summed E-state index contributed by atoms with van der Waals surface area (Å²) in [6.07, 6.45) is 0. The van der Waals surface area contributed by atoms with E-state index in [1.165, 1.54) is 0 Å². The Balaban J connectivity index is 1.90. The Hall–Kier alpha value is -2.81. The van der Waals surface area contributed by atoms with Crippen molar-refractivity contribution in [3.63, 3.8) is 0 Å². The highest BCUT2D eigenvalue weighted by Gasteiger charge is 2.09. The summed E-state index contributed by atoms with van der Waals surface area (Å²) in [6.45, 7) is 1.90. The molecule has 0 aliphatic rings. The Morgan fingerprint density at radius 2 is 1.74 bits per heavy atom. The molecule has 0 heterocycles. The third kappa shape index (κ3) is 3.19. The first-order chi connectivity index (χ1) is 11.2. The molecule has 0 saturated heterocycles. The quantitative estimate of drug-likeness (QED) is 0.645. The van der Waals surface area contributed by atoms with Crippen LogP contribution in [-0.4, -0.2) is 12.9 Å². The van der Waals surface area contributed by atoms with Crippen molar-refractivity contribution in [2.45, 2.75) is 13.5 Å². The average Bonchev–Trinajstić information content (AvgIpc) is 2.59. The van der Waals surface area contributed by atoms with Crippen LogP contribution in [0.1, 0.15) is 22.8 Å². The highest BCUT2D eigenvalue weighted by molar-refractivity contribution is 5.94. The smallest absolute Gasteiger partial charge is 0.159 e. The largest absolute Gasteiger partial charge is 0.496 e. The van der Waals surface area contributed by atoms with Crippen LogP contribution in [0.3, 0.4) is 0 Å². The van der Waals surface area contributed by atoms with Gasteiger partial charge < -0.3 is 9.47 Å². The highest BCUT2D eigenvalue weighted by atomic mass is 16.5. The lowest BCUT2D eigenvalue weighted by Gasteiger charge is -2.13. The Labute approximate surface area is 135 Å². The van der Waals surface area contributed by atoms with Crippen LogP contribution < -0.4 is 9.47 Å². The van der Waals surface area contributed by atoms with E-state index in [-0.39, 0.29) is 5.78 Å². The average molecular weight is 306 g/mol. The number of benzene rings is 3. The van der Waals surface area contributed by atoms with E-state index in [0.717, 1.165) is 27.8 Å². The number of carbonyl (C=O) groups is 1. The van der Waals surface area contributed by atoms with Gasteiger partial charge in [-0.2, -0.15) is 0 Å². The van der Waals surface area contributed by atoms with Crippen LogP contribution in [0.4, 0.5) is 0 Å². The summed E-state index contributed by atoms with van der Waals surface area (Å²) in [6, 6.07) is 19.5. The van der Waals surface area contributed by atoms with Crippen molar-refractivity contribution >= 4 is 16.6 Å². The number of ketones is 1. The molecule has 0 aliphatic carbocycles. The normalized spacial score (nSPS) is 10.5. The van der Waals surface area contributed by atoms with Crippen LogP contribution in [0.15, 0.2) is 60.7 Å². The molecule has 3 rings (SSSR count). The zero-order valence-corrected chi connectivity index (χ0v) is 13.2. The lowest BCUT2D eigenvalue weighted by Crippen LogP contribution is -2.02. The van der Waals surface area contributed by atoms with E-state index in [1.54, 1.807) is 26.2 Å². The van der Waals surface area contributed by atoms with E-state index in [0.29, 0.717) is 12.2 Å². The standard InChI is InChI=1S/C20H18O3/c1-14(21)16-10-11-19(22-2)17(12-16)13-23-20-9-5-7-15-6-3-4-8-18(15)20/h3-12H,13H2,1-2H3. The minimum absolute atomic E-state index is 0.0269. The van der Waals surface area contributed by atoms with Crippen molar-refractivity contribution < 1.29 is 14.3 Å². The van der Waals surface area contributed by atoms with Gasteiger partial charge in [-0.3, -0.25) is 4.79 Å². The van der Waals surface area contributed by atoms with Crippen molar-refractivity contribution in [3.8, 4) is 11.5 Å². The third-order valence-electron chi connectivity index (χ3n) is 3.82. The van der Waals surface area contributed by atoms with Gasteiger partial charge >= 0.3 is 0 Å². The fourth-order valence-electron chi connectivity index (χ4n) is 2.59. The molecule has 0 amide bonds. The summed E-state index contributed by atoms with van der Waals surface area (Å²) in [5.74, 6) is 1.56. The Kier molecular flexibility index (Phi) is 4.29. The Morgan fingerprint density at radius 3 is 2.52 bits per heavy atom. The molecule has 3 aromatic rings. The summed E-state index contributed by atoms with van der Waals surface area (Å²) in [5, 5.41) is 2.20. The van der Waals surface area contributed by atoms with Crippen molar-refractivity contribution in [1.82, 2.24) is 0 Å². The number of fused-ring (bicyclic) bond motifs is 1. The van der Waals surface area contributed by atoms with Crippen LogP contribution >= 0.6 is 0 Å².